The van der Waals surface area contributed by atoms with Crippen LogP contribution in [0.4, 0.5) is 0 Å². The number of amides is 1. The molecule has 2 nitrogen and oxygen atoms in total. The van der Waals surface area contributed by atoms with Gasteiger partial charge in [-0.3, -0.25) is 4.79 Å². The highest BCUT2D eigenvalue weighted by atomic mass is 32.2. The van der Waals surface area contributed by atoms with Crippen LogP contribution < -0.4 is 5.32 Å². The molecule has 1 amide bonds. The van der Waals surface area contributed by atoms with Crippen LogP contribution in [-0.2, 0) is 4.79 Å². The molecule has 1 saturated carbocycles. The molecule has 0 heterocycles. The fourth-order valence-corrected chi connectivity index (χ4v) is 3.19. The molecule has 1 aliphatic rings. The molecular formula is C13H21NOS. The molecule has 0 aliphatic heterocycles. The molecule has 16 heavy (non-hydrogen) atoms. The SMILES string of the molecule is CC=C/C=C/C(=O)NC1CCCC1SCC. The molecule has 0 aromatic rings. The molecule has 1 N–H and O–H groups in total. The molecule has 0 bridgehead atoms. The molecule has 1 rings (SSSR count). The predicted octanol–water partition coefficient (Wildman–Crippen LogP) is 2.91. The number of rotatable bonds is 5. The number of nitrogens with one attached hydrogen (secondary N) is 1. The van der Waals surface area contributed by atoms with Crippen molar-refractivity contribution >= 4 is 17.7 Å². The Bertz CT molecular complexity index is 273. The molecular weight excluding hydrogens is 218 g/mol. The first-order valence-electron chi connectivity index (χ1n) is 5.99. The Kier molecular flexibility index (Phi) is 6.31. The highest BCUT2D eigenvalue weighted by Crippen LogP contribution is 2.29. The molecule has 3 heteroatoms. The Hall–Kier alpha value is -0.700. The van der Waals surface area contributed by atoms with Crippen molar-refractivity contribution in [1.29, 1.82) is 0 Å². The average molecular weight is 239 g/mol. The third-order valence-corrected chi connectivity index (χ3v) is 4.04. The number of carbonyl (C=O) groups is 1. The van der Waals surface area contributed by atoms with Gasteiger partial charge >= 0.3 is 0 Å². The van der Waals surface area contributed by atoms with Crippen molar-refractivity contribution < 1.29 is 4.79 Å². The first-order valence-corrected chi connectivity index (χ1v) is 7.04. The largest absolute Gasteiger partial charge is 0.349 e. The van der Waals surface area contributed by atoms with Gasteiger partial charge < -0.3 is 5.32 Å². The van der Waals surface area contributed by atoms with Crippen LogP contribution in [0.15, 0.2) is 24.3 Å². The molecule has 0 aromatic carbocycles. The van der Waals surface area contributed by atoms with Crippen LogP contribution in [0, 0.1) is 0 Å². The van der Waals surface area contributed by atoms with E-state index >= 15 is 0 Å². The van der Waals surface area contributed by atoms with E-state index in [1.54, 1.807) is 12.2 Å². The van der Waals surface area contributed by atoms with E-state index in [1.807, 2.05) is 30.8 Å². The van der Waals surface area contributed by atoms with Crippen molar-refractivity contribution in [3.05, 3.63) is 24.3 Å². The summed E-state index contributed by atoms with van der Waals surface area (Å²) in [7, 11) is 0. The number of carbonyl (C=O) groups excluding carboxylic acids is 1. The second-order valence-electron chi connectivity index (χ2n) is 3.92. The highest BCUT2D eigenvalue weighted by molar-refractivity contribution is 7.99. The monoisotopic (exact) mass is 239 g/mol. The fraction of sp³-hybridized carbons (Fsp3) is 0.615. The zero-order chi connectivity index (χ0) is 11.8. The summed E-state index contributed by atoms with van der Waals surface area (Å²) in [6.07, 6.45) is 10.8. The zero-order valence-electron chi connectivity index (χ0n) is 10.1. The number of hydrogen-bond donors (Lipinski definition) is 1. The van der Waals surface area contributed by atoms with E-state index in [4.69, 9.17) is 0 Å². The van der Waals surface area contributed by atoms with Gasteiger partial charge in [0.1, 0.15) is 0 Å². The van der Waals surface area contributed by atoms with E-state index in [-0.39, 0.29) is 5.91 Å². The highest BCUT2D eigenvalue weighted by Gasteiger charge is 2.27. The van der Waals surface area contributed by atoms with Crippen molar-refractivity contribution in [2.45, 2.75) is 44.4 Å². The Labute approximate surface area is 103 Å². The van der Waals surface area contributed by atoms with E-state index < -0.39 is 0 Å². The third kappa shape index (κ3) is 4.44. The van der Waals surface area contributed by atoms with Crippen LogP contribution in [0.2, 0.25) is 0 Å². The second-order valence-corrected chi connectivity index (χ2v) is 5.44. The molecule has 90 valence electrons. The summed E-state index contributed by atoms with van der Waals surface area (Å²) in [5.41, 5.74) is 0. The molecule has 0 spiro atoms. The van der Waals surface area contributed by atoms with Gasteiger partial charge in [0.05, 0.1) is 0 Å². The lowest BCUT2D eigenvalue weighted by Crippen LogP contribution is -2.37. The topological polar surface area (TPSA) is 29.1 Å². The lowest BCUT2D eigenvalue weighted by molar-refractivity contribution is -0.117. The van der Waals surface area contributed by atoms with Crippen LogP contribution in [0.3, 0.4) is 0 Å². The van der Waals surface area contributed by atoms with E-state index in [0.717, 1.165) is 12.2 Å². The van der Waals surface area contributed by atoms with Gasteiger partial charge in [0, 0.05) is 17.4 Å². The van der Waals surface area contributed by atoms with Crippen LogP contribution in [0.5, 0.6) is 0 Å². The summed E-state index contributed by atoms with van der Waals surface area (Å²) in [5.74, 6) is 1.16. The van der Waals surface area contributed by atoms with Crippen molar-refractivity contribution in [2.75, 3.05) is 5.75 Å². The number of allylic oxidation sites excluding steroid dienone is 3. The normalized spacial score (nSPS) is 25.6. The number of hydrogen-bond acceptors (Lipinski definition) is 2. The Morgan fingerprint density at radius 1 is 1.44 bits per heavy atom. The Morgan fingerprint density at radius 3 is 2.94 bits per heavy atom. The van der Waals surface area contributed by atoms with Crippen molar-refractivity contribution in [2.24, 2.45) is 0 Å². The summed E-state index contributed by atoms with van der Waals surface area (Å²) in [6, 6.07) is 0.368. The standard InChI is InChI=1S/C13H21NOS/c1-3-5-6-10-13(15)14-11-8-7-9-12(11)16-4-2/h3,5-6,10-12H,4,7-9H2,1-2H3,(H,14,15)/b5-3?,10-6+. The van der Waals surface area contributed by atoms with E-state index in [9.17, 15) is 4.79 Å². The lowest BCUT2D eigenvalue weighted by Gasteiger charge is -2.19. The van der Waals surface area contributed by atoms with Gasteiger partial charge in [-0.1, -0.05) is 31.6 Å². The van der Waals surface area contributed by atoms with Gasteiger partial charge in [0.15, 0.2) is 0 Å². The van der Waals surface area contributed by atoms with Crippen molar-refractivity contribution in [3.63, 3.8) is 0 Å². The van der Waals surface area contributed by atoms with Crippen LogP contribution in [0.1, 0.15) is 33.1 Å². The lowest BCUT2D eigenvalue weighted by atomic mass is 10.2. The van der Waals surface area contributed by atoms with Gasteiger partial charge in [0.25, 0.3) is 0 Å². The molecule has 0 radical (unpaired) electrons. The summed E-state index contributed by atoms with van der Waals surface area (Å²) in [5, 5.41) is 3.71. The third-order valence-electron chi connectivity index (χ3n) is 2.71. The summed E-state index contributed by atoms with van der Waals surface area (Å²) < 4.78 is 0. The van der Waals surface area contributed by atoms with Crippen molar-refractivity contribution in [3.8, 4) is 0 Å². The van der Waals surface area contributed by atoms with Crippen LogP contribution in [-0.4, -0.2) is 23.0 Å². The second kappa shape index (κ2) is 7.55. The van der Waals surface area contributed by atoms with Gasteiger partial charge in [-0.2, -0.15) is 11.8 Å². The smallest absolute Gasteiger partial charge is 0.244 e. The maximum Gasteiger partial charge on any atom is 0.244 e. The van der Waals surface area contributed by atoms with Crippen LogP contribution in [0.25, 0.3) is 0 Å². The quantitative estimate of drug-likeness (QED) is 0.590. The molecule has 2 atom stereocenters. The van der Waals surface area contributed by atoms with Gasteiger partial charge in [-0.25, -0.2) is 0 Å². The van der Waals surface area contributed by atoms with Gasteiger partial charge in [0.2, 0.25) is 5.91 Å². The first kappa shape index (κ1) is 13.4. The number of thioether (sulfide) groups is 1. The molecule has 1 aliphatic carbocycles. The molecule has 0 saturated heterocycles. The van der Waals surface area contributed by atoms with E-state index in [0.29, 0.717) is 11.3 Å². The van der Waals surface area contributed by atoms with Crippen LogP contribution >= 0.6 is 11.8 Å². The fourth-order valence-electron chi connectivity index (χ4n) is 1.99. The summed E-state index contributed by atoms with van der Waals surface area (Å²) in [6.45, 7) is 4.11. The minimum absolute atomic E-state index is 0.0340. The Balaban J connectivity index is 2.37. The molecule has 1 fully saturated rings. The molecule has 2 unspecified atom stereocenters. The average Bonchev–Trinajstić information content (AvgIpc) is 2.67. The summed E-state index contributed by atoms with van der Waals surface area (Å²) in [4.78, 5) is 11.6. The maximum atomic E-state index is 11.6. The van der Waals surface area contributed by atoms with Gasteiger partial charge in [-0.15, -0.1) is 0 Å². The first-order chi connectivity index (χ1) is 7.77. The minimum Gasteiger partial charge on any atom is -0.349 e. The van der Waals surface area contributed by atoms with Gasteiger partial charge in [-0.05, 0) is 25.5 Å². The van der Waals surface area contributed by atoms with E-state index in [2.05, 4.69) is 12.2 Å². The van der Waals surface area contributed by atoms with E-state index in [1.165, 1.54) is 12.8 Å². The van der Waals surface area contributed by atoms with Crippen molar-refractivity contribution in [1.82, 2.24) is 5.32 Å². The molecule has 0 aromatic heterocycles. The zero-order valence-corrected chi connectivity index (χ0v) is 10.9. The maximum absolute atomic E-state index is 11.6. The minimum atomic E-state index is 0.0340. The summed E-state index contributed by atoms with van der Waals surface area (Å²) >= 11 is 1.96. The predicted molar refractivity (Wildman–Crippen MR) is 71.7 cm³/mol. The Morgan fingerprint density at radius 2 is 2.25 bits per heavy atom.